The summed E-state index contributed by atoms with van der Waals surface area (Å²) in [5.41, 5.74) is 4.75. The molecule has 1 aliphatic carbocycles. The molecule has 6 heteroatoms. The maximum Gasteiger partial charge on any atom is 0.165 e. The average Bonchev–Trinajstić information content (AvgIpc) is 3.31. The van der Waals surface area contributed by atoms with Crippen molar-refractivity contribution in [2.75, 3.05) is 44.8 Å². The third-order valence-corrected chi connectivity index (χ3v) is 8.20. The number of likely N-dealkylation sites (tertiary alicyclic amines) is 1. The maximum absolute atomic E-state index is 14.6. The van der Waals surface area contributed by atoms with Crippen LogP contribution >= 0.6 is 0 Å². The lowest BCUT2D eigenvalue weighted by Crippen LogP contribution is -2.29. The number of hydrogen-bond donors (Lipinski definition) is 1. The molecule has 2 aliphatic rings. The molecule has 1 N–H and O–H groups in total. The fourth-order valence-electron chi connectivity index (χ4n) is 5.74. The largest absolute Gasteiger partial charge is 0.508 e. The Kier molecular flexibility index (Phi) is 14.2. The molecule has 1 atom stereocenters. The van der Waals surface area contributed by atoms with Gasteiger partial charge >= 0.3 is 0 Å². The Morgan fingerprint density at radius 2 is 1.74 bits per heavy atom. The summed E-state index contributed by atoms with van der Waals surface area (Å²) in [5.74, 6) is 2.08. The second kappa shape index (κ2) is 18.1. The molecule has 1 fully saturated rings. The smallest absolute Gasteiger partial charge is 0.165 e. The molecule has 5 rings (SSSR count). The molecule has 0 spiro atoms. The van der Waals surface area contributed by atoms with E-state index in [4.69, 9.17) is 9.47 Å². The standard InChI is InChI=1S/C24H33FN2O2.C11H14O.C2H2/c1-3-27(21-9-8-10-22(18-21)28-2)19-20-11-12-24(23(25)17-20)29-16-15-26-13-6-4-5-7-14-26;1-8-2-3-10-7-11(12)5-4-9(10)6-8;1-2/h8-12,17-18H,3-7,13-16,19H2,1-2H3;4-5,7-8,12H,2-3,6H2,1H3;1-2H. The van der Waals surface area contributed by atoms with Crippen LogP contribution in [-0.4, -0.2) is 49.9 Å². The van der Waals surface area contributed by atoms with Crippen molar-refractivity contribution in [3.8, 4) is 30.1 Å². The van der Waals surface area contributed by atoms with E-state index in [-0.39, 0.29) is 5.82 Å². The molecule has 1 unspecified atom stereocenters. The van der Waals surface area contributed by atoms with Gasteiger partial charge in [0.1, 0.15) is 18.1 Å². The van der Waals surface area contributed by atoms with Gasteiger partial charge in [0.2, 0.25) is 0 Å². The van der Waals surface area contributed by atoms with E-state index in [2.05, 4.69) is 42.6 Å². The Balaban J connectivity index is 0.000000299. The predicted molar refractivity (Wildman–Crippen MR) is 176 cm³/mol. The van der Waals surface area contributed by atoms with Gasteiger partial charge in [-0.1, -0.05) is 38.0 Å². The van der Waals surface area contributed by atoms with Gasteiger partial charge in [0.05, 0.1) is 7.11 Å². The molecule has 1 aliphatic heterocycles. The molecule has 3 aromatic rings. The van der Waals surface area contributed by atoms with Crippen molar-refractivity contribution in [2.24, 2.45) is 5.92 Å². The van der Waals surface area contributed by atoms with Gasteiger partial charge in [-0.25, -0.2) is 4.39 Å². The van der Waals surface area contributed by atoms with E-state index in [1.165, 1.54) is 49.7 Å². The van der Waals surface area contributed by atoms with E-state index in [9.17, 15) is 9.50 Å². The van der Waals surface area contributed by atoms with E-state index >= 15 is 0 Å². The van der Waals surface area contributed by atoms with Gasteiger partial charge < -0.3 is 19.5 Å². The lowest BCUT2D eigenvalue weighted by molar-refractivity contribution is 0.209. The van der Waals surface area contributed by atoms with Gasteiger partial charge in [-0.15, -0.1) is 12.8 Å². The number of nitrogens with zero attached hydrogens (tertiary/aromatic N) is 2. The highest BCUT2D eigenvalue weighted by atomic mass is 19.1. The van der Waals surface area contributed by atoms with Gasteiger partial charge in [-0.05, 0) is 111 Å². The predicted octanol–water partition coefficient (Wildman–Crippen LogP) is 7.88. The first-order valence-electron chi connectivity index (χ1n) is 15.6. The van der Waals surface area contributed by atoms with Crippen LogP contribution in [0.1, 0.15) is 62.6 Å². The van der Waals surface area contributed by atoms with Gasteiger partial charge in [0, 0.05) is 31.4 Å². The summed E-state index contributed by atoms with van der Waals surface area (Å²) in [6.45, 7) is 9.48. The highest BCUT2D eigenvalue weighted by Gasteiger charge is 2.15. The number of phenolic OH excluding ortho intramolecular Hbond substituents is 1. The molecule has 0 amide bonds. The van der Waals surface area contributed by atoms with E-state index < -0.39 is 0 Å². The number of phenols is 1. The van der Waals surface area contributed by atoms with E-state index in [1.807, 2.05) is 36.4 Å². The molecular weight excluding hydrogens is 539 g/mol. The topological polar surface area (TPSA) is 45.2 Å². The number of benzene rings is 3. The Hall–Kier alpha value is -3.69. The summed E-state index contributed by atoms with van der Waals surface area (Å²) in [6.07, 6.45) is 16.7. The van der Waals surface area contributed by atoms with Crippen molar-refractivity contribution >= 4 is 5.69 Å². The first-order chi connectivity index (χ1) is 20.9. The number of rotatable bonds is 9. The first kappa shape index (κ1) is 33.8. The number of aryl methyl sites for hydroxylation is 1. The van der Waals surface area contributed by atoms with Crippen LogP contribution in [0.2, 0.25) is 0 Å². The van der Waals surface area contributed by atoms with Crippen molar-refractivity contribution in [1.82, 2.24) is 4.90 Å². The average molecular weight is 589 g/mol. The summed E-state index contributed by atoms with van der Waals surface area (Å²) in [5, 5.41) is 9.25. The third-order valence-electron chi connectivity index (χ3n) is 8.20. The SMILES string of the molecule is C#C.CC1CCc2cc(O)ccc2C1.CCN(Cc1ccc(OCCN2CCCCCC2)c(F)c1)c1cccc(OC)c1. The zero-order valence-corrected chi connectivity index (χ0v) is 26.2. The molecule has 3 aromatic carbocycles. The number of anilines is 1. The molecule has 43 heavy (non-hydrogen) atoms. The quantitative estimate of drug-likeness (QED) is 0.258. The second-order valence-corrected chi connectivity index (χ2v) is 11.4. The fourth-order valence-corrected chi connectivity index (χ4v) is 5.74. The molecule has 232 valence electrons. The number of aromatic hydroxyl groups is 1. The normalized spacial score (nSPS) is 16.3. The van der Waals surface area contributed by atoms with Crippen LogP contribution in [0.4, 0.5) is 10.1 Å². The highest BCUT2D eigenvalue weighted by Crippen LogP contribution is 2.28. The Bertz CT molecular complexity index is 1270. The molecule has 0 bridgehead atoms. The van der Waals surface area contributed by atoms with Crippen LogP contribution in [-0.2, 0) is 19.4 Å². The van der Waals surface area contributed by atoms with Crippen molar-refractivity contribution < 1.29 is 19.0 Å². The monoisotopic (exact) mass is 588 g/mol. The first-order valence-corrected chi connectivity index (χ1v) is 15.6. The molecule has 1 heterocycles. The van der Waals surface area contributed by atoms with E-state index in [1.54, 1.807) is 25.3 Å². The van der Waals surface area contributed by atoms with Gasteiger partial charge in [0.25, 0.3) is 0 Å². The summed E-state index contributed by atoms with van der Waals surface area (Å²) in [7, 11) is 1.66. The molecule has 0 aromatic heterocycles. The zero-order valence-electron chi connectivity index (χ0n) is 26.2. The van der Waals surface area contributed by atoms with Gasteiger partial charge in [0.15, 0.2) is 11.6 Å². The van der Waals surface area contributed by atoms with Crippen LogP contribution in [0.3, 0.4) is 0 Å². The number of terminal acetylenes is 1. The molecule has 0 radical (unpaired) electrons. The minimum atomic E-state index is -0.292. The lowest BCUT2D eigenvalue weighted by atomic mass is 9.85. The Labute approximate surface area is 258 Å². The minimum Gasteiger partial charge on any atom is -0.508 e. The Morgan fingerprint density at radius 3 is 2.44 bits per heavy atom. The third kappa shape index (κ3) is 10.8. The van der Waals surface area contributed by atoms with Crippen molar-refractivity contribution in [1.29, 1.82) is 0 Å². The summed E-state index contributed by atoms with van der Waals surface area (Å²) in [4.78, 5) is 4.61. The number of methoxy groups -OCH3 is 1. The summed E-state index contributed by atoms with van der Waals surface area (Å²) in [6, 6.07) is 19.0. The molecule has 0 saturated carbocycles. The summed E-state index contributed by atoms with van der Waals surface area (Å²) < 4.78 is 25.6. The Morgan fingerprint density at radius 1 is 0.977 bits per heavy atom. The number of halogens is 1. The zero-order chi connectivity index (χ0) is 31.0. The van der Waals surface area contributed by atoms with Crippen LogP contribution in [0.25, 0.3) is 0 Å². The van der Waals surface area contributed by atoms with Crippen LogP contribution < -0.4 is 14.4 Å². The van der Waals surface area contributed by atoms with Crippen LogP contribution in [0, 0.1) is 24.6 Å². The maximum atomic E-state index is 14.6. The number of ether oxygens (including phenoxy) is 2. The van der Waals surface area contributed by atoms with Crippen molar-refractivity contribution in [3.05, 3.63) is 83.2 Å². The van der Waals surface area contributed by atoms with Gasteiger partial charge in [-0.2, -0.15) is 0 Å². The van der Waals surface area contributed by atoms with Crippen LogP contribution in [0.15, 0.2) is 60.7 Å². The molecule has 1 saturated heterocycles. The van der Waals surface area contributed by atoms with Crippen molar-refractivity contribution in [2.45, 2.75) is 65.3 Å². The van der Waals surface area contributed by atoms with E-state index in [0.29, 0.717) is 24.7 Å². The van der Waals surface area contributed by atoms with E-state index in [0.717, 1.165) is 55.5 Å². The second-order valence-electron chi connectivity index (χ2n) is 11.4. The van der Waals surface area contributed by atoms with Crippen molar-refractivity contribution in [3.63, 3.8) is 0 Å². The van der Waals surface area contributed by atoms with Crippen LogP contribution in [0.5, 0.6) is 17.2 Å². The number of hydrogen-bond acceptors (Lipinski definition) is 5. The highest BCUT2D eigenvalue weighted by molar-refractivity contribution is 5.51. The molecular formula is C37H49FN2O3. The summed E-state index contributed by atoms with van der Waals surface area (Å²) >= 11 is 0. The lowest BCUT2D eigenvalue weighted by Gasteiger charge is -2.24. The number of fused-ring (bicyclic) bond motifs is 1. The fraction of sp³-hybridized carbons (Fsp3) is 0.459. The molecule has 5 nitrogen and oxygen atoms in total. The van der Waals surface area contributed by atoms with Gasteiger partial charge in [-0.3, -0.25) is 4.90 Å². The minimum absolute atomic E-state index is 0.292.